The van der Waals surface area contributed by atoms with Crippen LogP contribution in [0, 0.1) is 23.0 Å². The van der Waals surface area contributed by atoms with Gasteiger partial charge in [0.2, 0.25) is 0 Å². The Morgan fingerprint density at radius 3 is 2.67 bits per heavy atom. The van der Waals surface area contributed by atoms with Gasteiger partial charge in [0.1, 0.15) is 12.0 Å². The molecule has 0 aliphatic rings. The molecule has 0 aliphatic heterocycles. The van der Waals surface area contributed by atoms with Crippen LogP contribution in [0.25, 0.3) is 0 Å². The highest BCUT2D eigenvalue weighted by atomic mass is 16.6. The van der Waals surface area contributed by atoms with Crippen molar-refractivity contribution in [1.82, 2.24) is 4.98 Å². The summed E-state index contributed by atoms with van der Waals surface area (Å²) in [5.74, 6) is 1.04. The number of aliphatic hydroxyl groups is 1. The maximum Gasteiger partial charge on any atom is 0.287 e. The number of hydrogen-bond acceptors (Lipinski definition) is 5. The molecule has 0 amide bonds. The summed E-state index contributed by atoms with van der Waals surface area (Å²) in [4.78, 5) is 14.2. The highest BCUT2D eigenvalue weighted by Gasteiger charge is 2.14. The van der Waals surface area contributed by atoms with Gasteiger partial charge in [0.25, 0.3) is 5.69 Å². The van der Waals surface area contributed by atoms with Gasteiger partial charge in [0.05, 0.1) is 17.6 Å². The highest BCUT2D eigenvalue weighted by molar-refractivity contribution is 5.48. The summed E-state index contributed by atoms with van der Waals surface area (Å²) in [6.45, 7) is 5.91. The lowest BCUT2D eigenvalue weighted by Gasteiger charge is -2.19. The van der Waals surface area contributed by atoms with Gasteiger partial charge < -0.3 is 10.4 Å². The number of pyridine rings is 1. The zero-order valence-electron chi connectivity index (χ0n) is 10.9. The van der Waals surface area contributed by atoms with Crippen molar-refractivity contribution in [2.24, 2.45) is 5.92 Å². The number of aryl methyl sites for hydroxylation is 1. The van der Waals surface area contributed by atoms with Gasteiger partial charge >= 0.3 is 0 Å². The fourth-order valence-corrected chi connectivity index (χ4v) is 1.75. The predicted molar refractivity (Wildman–Crippen MR) is 69.6 cm³/mol. The van der Waals surface area contributed by atoms with E-state index in [9.17, 15) is 15.2 Å². The van der Waals surface area contributed by atoms with Crippen molar-refractivity contribution in [1.29, 1.82) is 0 Å². The van der Waals surface area contributed by atoms with Crippen LogP contribution in [0.1, 0.15) is 25.8 Å². The second-order valence-corrected chi connectivity index (χ2v) is 4.77. The minimum atomic E-state index is -0.471. The maximum atomic E-state index is 10.6. The first-order valence-electron chi connectivity index (χ1n) is 5.92. The molecule has 0 radical (unpaired) electrons. The fourth-order valence-electron chi connectivity index (χ4n) is 1.75. The van der Waals surface area contributed by atoms with Crippen LogP contribution in [0.2, 0.25) is 0 Å². The van der Waals surface area contributed by atoms with E-state index in [4.69, 9.17) is 0 Å². The molecule has 0 saturated heterocycles. The predicted octanol–water partition coefficient (Wildman–Crippen LogP) is 2.12. The van der Waals surface area contributed by atoms with Crippen molar-refractivity contribution in [2.45, 2.75) is 33.2 Å². The Kier molecular flexibility index (Phi) is 5.03. The van der Waals surface area contributed by atoms with E-state index in [0.717, 1.165) is 6.42 Å². The van der Waals surface area contributed by atoms with Crippen LogP contribution in [-0.4, -0.2) is 27.7 Å². The average Bonchev–Trinajstić information content (AvgIpc) is 2.29. The second kappa shape index (κ2) is 6.30. The zero-order valence-corrected chi connectivity index (χ0v) is 10.9. The summed E-state index contributed by atoms with van der Waals surface area (Å²) in [6.07, 6.45) is 2.04. The molecule has 1 heterocycles. The normalized spacial score (nSPS) is 12.5. The highest BCUT2D eigenvalue weighted by Crippen LogP contribution is 2.19. The molecule has 0 fully saturated rings. The molecule has 1 atom stereocenters. The number of rotatable bonds is 6. The van der Waals surface area contributed by atoms with E-state index in [-0.39, 0.29) is 18.3 Å². The summed E-state index contributed by atoms with van der Waals surface area (Å²) in [7, 11) is 0. The Labute approximate surface area is 106 Å². The van der Waals surface area contributed by atoms with Crippen molar-refractivity contribution in [3.8, 4) is 0 Å². The van der Waals surface area contributed by atoms with E-state index in [2.05, 4.69) is 24.1 Å². The van der Waals surface area contributed by atoms with Gasteiger partial charge in [-0.25, -0.2) is 4.98 Å². The second-order valence-electron chi connectivity index (χ2n) is 4.77. The van der Waals surface area contributed by atoms with Crippen LogP contribution < -0.4 is 5.32 Å². The molecule has 18 heavy (non-hydrogen) atoms. The smallest absolute Gasteiger partial charge is 0.287 e. The molecule has 0 bridgehead atoms. The lowest BCUT2D eigenvalue weighted by atomic mass is 10.0. The molecule has 2 N–H and O–H groups in total. The monoisotopic (exact) mass is 253 g/mol. The van der Waals surface area contributed by atoms with Crippen molar-refractivity contribution in [3.63, 3.8) is 0 Å². The first-order chi connectivity index (χ1) is 8.43. The lowest BCUT2D eigenvalue weighted by Crippen LogP contribution is -2.26. The quantitative estimate of drug-likeness (QED) is 0.598. The summed E-state index contributed by atoms with van der Waals surface area (Å²) >= 11 is 0. The maximum absolute atomic E-state index is 10.6. The van der Waals surface area contributed by atoms with Crippen molar-refractivity contribution < 1.29 is 10.0 Å². The molecule has 1 unspecified atom stereocenters. The molecule has 0 aromatic carbocycles. The summed E-state index contributed by atoms with van der Waals surface area (Å²) in [5, 5.41) is 23.0. The van der Waals surface area contributed by atoms with Gasteiger partial charge in [0, 0.05) is 6.07 Å². The number of nitro groups is 1. The summed E-state index contributed by atoms with van der Waals surface area (Å²) in [5.41, 5.74) is 0.675. The number of hydrogen-bond donors (Lipinski definition) is 2. The van der Waals surface area contributed by atoms with E-state index >= 15 is 0 Å². The average molecular weight is 253 g/mol. The third kappa shape index (κ3) is 3.96. The summed E-state index contributed by atoms with van der Waals surface area (Å²) < 4.78 is 0. The molecule has 1 aromatic heterocycles. The van der Waals surface area contributed by atoms with Gasteiger partial charge in [0.15, 0.2) is 0 Å². The molecule has 0 saturated carbocycles. The zero-order chi connectivity index (χ0) is 13.7. The number of nitrogens with one attached hydrogen (secondary N) is 1. The molecule has 1 aromatic rings. The van der Waals surface area contributed by atoms with E-state index in [0.29, 0.717) is 17.3 Å². The van der Waals surface area contributed by atoms with Gasteiger partial charge in [-0.05, 0) is 24.8 Å². The first-order valence-corrected chi connectivity index (χ1v) is 5.92. The Balaban J connectivity index is 2.80. The van der Waals surface area contributed by atoms with Gasteiger partial charge in [-0.3, -0.25) is 10.1 Å². The van der Waals surface area contributed by atoms with Crippen LogP contribution in [0.3, 0.4) is 0 Å². The third-order valence-corrected chi connectivity index (χ3v) is 2.59. The van der Waals surface area contributed by atoms with Gasteiger partial charge in [-0.15, -0.1) is 0 Å². The largest absolute Gasteiger partial charge is 0.394 e. The minimum Gasteiger partial charge on any atom is -0.394 e. The molecule has 0 aliphatic carbocycles. The molecule has 100 valence electrons. The molecule has 1 rings (SSSR count). The van der Waals surface area contributed by atoms with E-state index in [1.54, 1.807) is 6.92 Å². The molecular weight excluding hydrogens is 234 g/mol. The Morgan fingerprint density at radius 2 is 2.22 bits per heavy atom. The van der Waals surface area contributed by atoms with Gasteiger partial charge in [-0.1, -0.05) is 13.8 Å². The lowest BCUT2D eigenvalue weighted by molar-refractivity contribution is -0.385. The number of aliphatic hydroxyl groups excluding tert-OH is 1. The van der Waals surface area contributed by atoms with Crippen LogP contribution in [0.15, 0.2) is 12.3 Å². The third-order valence-electron chi connectivity index (χ3n) is 2.59. The standard InChI is InChI=1S/C12H19N3O3/c1-8(2)4-10(7-16)14-12-9(3)5-11(6-13-12)15(17)18/h5-6,8,10,16H,4,7H2,1-3H3,(H,13,14). The van der Waals surface area contributed by atoms with E-state index < -0.39 is 4.92 Å². The molecular formula is C12H19N3O3. The van der Waals surface area contributed by atoms with Crippen molar-refractivity contribution >= 4 is 11.5 Å². The number of aromatic nitrogens is 1. The minimum absolute atomic E-state index is 0.0102. The molecule has 6 nitrogen and oxygen atoms in total. The summed E-state index contributed by atoms with van der Waals surface area (Å²) in [6, 6.07) is 1.39. The molecule has 6 heteroatoms. The Hall–Kier alpha value is -1.69. The van der Waals surface area contributed by atoms with Gasteiger partial charge in [-0.2, -0.15) is 0 Å². The van der Waals surface area contributed by atoms with Crippen LogP contribution in [-0.2, 0) is 0 Å². The topological polar surface area (TPSA) is 88.3 Å². The van der Waals surface area contributed by atoms with Crippen LogP contribution in [0.5, 0.6) is 0 Å². The van der Waals surface area contributed by atoms with E-state index in [1.165, 1.54) is 12.3 Å². The number of nitrogens with zero attached hydrogens (tertiary/aromatic N) is 2. The number of anilines is 1. The first kappa shape index (κ1) is 14.4. The van der Waals surface area contributed by atoms with Crippen LogP contribution in [0.4, 0.5) is 11.5 Å². The van der Waals surface area contributed by atoms with Crippen molar-refractivity contribution in [2.75, 3.05) is 11.9 Å². The SMILES string of the molecule is Cc1cc([N+](=O)[O-])cnc1NC(CO)CC(C)C. The molecule has 0 spiro atoms. The van der Waals surface area contributed by atoms with Crippen LogP contribution >= 0.6 is 0 Å². The van der Waals surface area contributed by atoms with E-state index in [1.807, 2.05) is 0 Å². The Bertz CT molecular complexity index is 421. The Morgan fingerprint density at radius 1 is 1.56 bits per heavy atom. The fraction of sp³-hybridized carbons (Fsp3) is 0.583. The van der Waals surface area contributed by atoms with Crippen molar-refractivity contribution in [3.05, 3.63) is 27.9 Å².